The van der Waals surface area contributed by atoms with E-state index in [1.54, 1.807) is 0 Å². The molecule has 0 N–H and O–H groups in total. The van der Waals surface area contributed by atoms with Gasteiger partial charge in [-0.2, -0.15) is 0 Å². The number of hydrogen-bond acceptors (Lipinski definition) is 4. The highest BCUT2D eigenvalue weighted by atomic mass is 16.5. The van der Waals surface area contributed by atoms with Crippen LogP contribution in [-0.2, 0) is 13.0 Å². The molecule has 1 aromatic carbocycles. The number of ether oxygens (including phenoxy) is 1. The molecule has 0 saturated carbocycles. The second kappa shape index (κ2) is 7.18. The molecule has 4 heteroatoms. The number of hydrogen-bond donors (Lipinski definition) is 0. The van der Waals surface area contributed by atoms with Crippen LogP contribution in [0.4, 0.5) is 0 Å². The van der Waals surface area contributed by atoms with Crippen LogP contribution < -0.4 is 4.74 Å². The Bertz CT molecular complexity index is 619. The van der Waals surface area contributed by atoms with Crippen LogP contribution in [0.1, 0.15) is 56.7 Å². The maximum atomic E-state index is 5.71. The van der Waals surface area contributed by atoms with E-state index in [2.05, 4.69) is 47.3 Å². The van der Waals surface area contributed by atoms with Crippen molar-refractivity contribution in [1.82, 2.24) is 10.1 Å². The first-order valence-electron chi connectivity index (χ1n) is 8.61. The van der Waals surface area contributed by atoms with E-state index < -0.39 is 0 Å². The lowest BCUT2D eigenvalue weighted by Gasteiger charge is -2.22. The van der Waals surface area contributed by atoms with E-state index in [0.717, 1.165) is 43.1 Å². The lowest BCUT2D eigenvalue weighted by molar-refractivity contribution is 0.206. The van der Waals surface area contributed by atoms with Crippen LogP contribution in [0.2, 0.25) is 0 Å². The summed E-state index contributed by atoms with van der Waals surface area (Å²) in [6.07, 6.45) is 3.49. The Morgan fingerprint density at radius 2 is 2.09 bits per heavy atom. The summed E-state index contributed by atoms with van der Waals surface area (Å²) in [5.41, 5.74) is 2.35. The first-order valence-corrected chi connectivity index (χ1v) is 8.61. The fourth-order valence-corrected chi connectivity index (χ4v) is 3.17. The summed E-state index contributed by atoms with van der Waals surface area (Å²) >= 11 is 0. The van der Waals surface area contributed by atoms with Crippen molar-refractivity contribution in [2.45, 2.75) is 58.7 Å². The van der Waals surface area contributed by atoms with Crippen molar-refractivity contribution in [3.05, 3.63) is 47.3 Å². The Labute approximate surface area is 138 Å². The maximum Gasteiger partial charge on any atom is 0.154 e. The number of likely N-dealkylation sites (tertiary alicyclic amines) is 1. The molecule has 1 fully saturated rings. The van der Waals surface area contributed by atoms with E-state index in [4.69, 9.17) is 9.26 Å². The summed E-state index contributed by atoms with van der Waals surface area (Å²) in [6, 6.07) is 10.9. The highest BCUT2D eigenvalue weighted by molar-refractivity contribution is 5.27. The van der Waals surface area contributed by atoms with E-state index in [9.17, 15) is 0 Å². The van der Waals surface area contributed by atoms with Gasteiger partial charge in [0.25, 0.3) is 0 Å². The molecule has 1 aliphatic heterocycles. The average molecular weight is 314 g/mol. The zero-order valence-electron chi connectivity index (χ0n) is 14.3. The van der Waals surface area contributed by atoms with Gasteiger partial charge in [0.15, 0.2) is 5.76 Å². The second-order valence-electron chi connectivity index (χ2n) is 6.51. The molecule has 2 aromatic rings. The van der Waals surface area contributed by atoms with Gasteiger partial charge >= 0.3 is 0 Å². The SMILES string of the molecule is CCc1cc([C@@H]2CCCN2Cc2ccc(OC(C)C)cc2)on1. The van der Waals surface area contributed by atoms with Gasteiger partial charge in [0, 0.05) is 12.6 Å². The first kappa shape index (κ1) is 16.1. The predicted molar refractivity (Wildman–Crippen MR) is 90.5 cm³/mol. The molecule has 3 rings (SSSR count). The fraction of sp³-hybridized carbons (Fsp3) is 0.526. The van der Waals surface area contributed by atoms with E-state index in [-0.39, 0.29) is 6.10 Å². The minimum absolute atomic E-state index is 0.211. The van der Waals surface area contributed by atoms with Crippen molar-refractivity contribution in [2.24, 2.45) is 0 Å². The number of aromatic nitrogens is 1. The molecule has 0 bridgehead atoms. The van der Waals surface area contributed by atoms with Gasteiger partial charge in [-0.15, -0.1) is 0 Å². The monoisotopic (exact) mass is 314 g/mol. The van der Waals surface area contributed by atoms with Gasteiger partial charge in [-0.1, -0.05) is 24.2 Å². The molecular weight excluding hydrogens is 288 g/mol. The topological polar surface area (TPSA) is 38.5 Å². The van der Waals surface area contributed by atoms with Gasteiger partial charge in [0.05, 0.1) is 17.8 Å². The summed E-state index contributed by atoms with van der Waals surface area (Å²) in [7, 11) is 0. The molecule has 1 aliphatic rings. The molecule has 4 nitrogen and oxygen atoms in total. The second-order valence-corrected chi connectivity index (χ2v) is 6.51. The van der Waals surface area contributed by atoms with Crippen LogP contribution >= 0.6 is 0 Å². The molecule has 0 radical (unpaired) electrons. The number of aryl methyl sites for hydroxylation is 1. The molecule has 0 amide bonds. The predicted octanol–water partition coefficient (Wildman–Crippen LogP) is 4.36. The smallest absolute Gasteiger partial charge is 0.154 e. The summed E-state index contributed by atoms with van der Waals surface area (Å²) in [5.74, 6) is 1.95. The van der Waals surface area contributed by atoms with E-state index >= 15 is 0 Å². The number of benzene rings is 1. The lowest BCUT2D eigenvalue weighted by atomic mass is 10.1. The highest BCUT2D eigenvalue weighted by Gasteiger charge is 2.29. The van der Waals surface area contributed by atoms with Gasteiger partial charge in [0.2, 0.25) is 0 Å². The van der Waals surface area contributed by atoms with Crippen LogP contribution in [0.15, 0.2) is 34.9 Å². The quantitative estimate of drug-likeness (QED) is 0.794. The van der Waals surface area contributed by atoms with Crippen molar-refractivity contribution < 1.29 is 9.26 Å². The van der Waals surface area contributed by atoms with E-state index in [1.807, 2.05) is 13.8 Å². The van der Waals surface area contributed by atoms with Crippen molar-refractivity contribution in [1.29, 1.82) is 0 Å². The Morgan fingerprint density at radius 1 is 1.30 bits per heavy atom. The van der Waals surface area contributed by atoms with Gasteiger partial charge in [-0.25, -0.2) is 0 Å². The Hall–Kier alpha value is -1.81. The fourth-order valence-electron chi connectivity index (χ4n) is 3.17. The zero-order chi connectivity index (χ0) is 16.2. The Balaban J connectivity index is 1.66. The molecule has 2 heterocycles. The normalized spacial score (nSPS) is 18.7. The third kappa shape index (κ3) is 3.94. The van der Waals surface area contributed by atoms with Crippen LogP contribution in [0.25, 0.3) is 0 Å². The zero-order valence-corrected chi connectivity index (χ0v) is 14.3. The molecular formula is C19H26N2O2. The third-order valence-electron chi connectivity index (χ3n) is 4.31. The number of rotatable bonds is 6. The van der Waals surface area contributed by atoms with Gasteiger partial charge in [0.1, 0.15) is 5.75 Å². The minimum atomic E-state index is 0.211. The van der Waals surface area contributed by atoms with Crippen LogP contribution in [0.5, 0.6) is 5.75 Å². The Kier molecular flexibility index (Phi) is 5.01. The molecule has 1 saturated heterocycles. The summed E-state index contributed by atoms with van der Waals surface area (Å²) < 4.78 is 11.3. The minimum Gasteiger partial charge on any atom is -0.491 e. The van der Waals surface area contributed by atoms with Crippen LogP contribution in [0.3, 0.4) is 0 Å². The largest absolute Gasteiger partial charge is 0.491 e. The molecule has 1 atom stereocenters. The molecule has 124 valence electrons. The van der Waals surface area contributed by atoms with Crippen molar-refractivity contribution in [3.63, 3.8) is 0 Å². The third-order valence-corrected chi connectivity index (χ3v) is 4.31. The van der Waals surface area contributed by atoms with Gasteiger partial charge in [-0.3, -0.25) is 4.90 Å². The standard InChI is InChI=1S/C19H26N2O2/c1-4-16-12-19(23-20-16)18-6-5-11-21(18)13-15-7-9-17(10-8-15)22-14(2)3/h7-10,12,14,18H,4-6,11,13H2,1-3H3/t18-/m0/s1. The van der Waals surface area contributed by atoms with Crippen molar-refractivity contribution in [3.8, 4) is 5.75 Å². The molecule has 0 spiro atoms. The Morgan fingerprint density at radius 3 is 2.74 bits per heavy atom. The average Bonchev–Trinajstić information content (AvgIpc) is 3.17. The molecule has 0 unspecified atom stereocenters. The summed E-state index contributed by atoms with van der Waals surface area (Å²) in [6.45, 7) is 8.25. The van der Waals surface area contributed by atoms with Crippen LogP contribution in [-0.4, -0.2) is 22.7 Å². The maximum absolute atomic E-state index is 5.71. The number of nitrogens with zero attached hydrogens (tertiary/aromatic N) is 2. The van der Waals surface area contributed by atoms with E-state index in [0.29, 0.717) is 6.04 Å². The summed E-state index contributed by atoms with van der Waals surface area (Å²) in [5, 5.41) is 4.14. The van der Waals surface area contributed by atoms with Gasteiger partial charge in [-0.05, 0) is 57.4 Å². The summed E-state index contributed by atoms with van der Waals surface area (Å²) in [4.78, 5) is 2.48. The first-order chi connectivity index (χ1) is 11.2. The van der Waals surface area contributed by atoms with Crippen LogP contribution in [0, 0.1) is 0 Å². The lowest BCUT2D eigenvalue weighted by Crippen LogP contribution is -2.22. The molecule has 23 heavy (non-hydrogen) atoms. The van der Waals surface area contributed by atoms with Crippen molar-refractivity contribution in [2.75, 3.05) is 6.54 Å². The molecule has 0 aliphatic carbocycles. The highest BCUT2D eigenvalue weighted by Crippen LogP contribution is 2.33. The molecule has 1 aromatic heterocycles. The van der Waals surface area contributed by atoms with E-state index in [1.165, 1.54) is 12.0 Å². The van der Waals surface area contributed by atoms with Crippen molar-refractivity contribution >= 4 is 0 Å². The van der Waals surface area contributed by atoms with Gasteiger partial charge < -0.3 is 9.26 Å².